The van der Waals surface area contributed by atoms with E-state index >= 15 is 0 Å². The highest BCUT2D eigenvalue weighted by atomic mass is 16.2. The Bertz CT molecular complexity index is 1440. The third-order valence-corrected chi connectivity index (χ3v) is 7.51. The summed E-state index contributed by atoms with van der Waals surface area (Å²) in [6.07, 6.45) is 2.37. The molecule has 3 aromatic carbocycles. The maximum absolute atomic E-state index is 13.5. The Morgan fingerprint density at radius 2 is 1.72 bits per heavy atom. The number of carbonyl (C=O) groups excluding carboxylic acids is 2. The standard InChI is InChI=1S/C30H30N4O2/c1-32-25-15-7-6-14-24(25)30(36)33-19-17-23-22-13-5-8-16-26(22)34(28(23)29(32)33)20-27(35)31-18-9-12-21-10-3-2-4-11-21/h2-8,10-11,13-16,29H,9,12,17-20H2,1H3,(H,31,35). The topological polar surface area (TPSA) is 57.6 Å². The summed E-state index contributed by atoms with van der Waals surface area (Å²) in [7, 11) is 2.05. The summed E-state index contributed by atoms with van der Waals surface area (Å²) in [5.41, 5.74) is 6.28. The fourth-order valence-corrected chi connectivity index (χ4v) is 5.84. The van der Waals surface area contributed by atoms with Gasteiger partial charge in [-0.05, 0) is 48.6 Å². The van der Waals surface area contributed by atoms with E-state index in [-0.39, 0.29) is 24.5 Å². The molecule has 0 saturated heterocycles. The summed E-state index contributed by atoms with van der Waals surface area (Å²) in [4.78, 5) is 30.7. The summed E-state index contributed by atoms with van der Waals surface area (Å²) in [6.45, 7) is 1.53. The first-order valence-electron chi connectivity index (χ1n) is 12.7. The molecule has 1 atom stereocenters. The van der Waals surface area contributed by atoms with Crippen LogP contribution in [-0.2, 0) is 24.2 Å². The number of para-hydroxylation sites is 2. The zero-order valence-electron chi connectivity index (χ0n) is 20.5. The molecule has 36 heavy (non-hydrogen) atoms. The molecule has 0 saturated carbocycles. The highest BCUT2D eigenvalue weighted by Crippen LogP contribution is 2.44. The van der Waals surface area contributed by atoms with Crippen LogP contribution in [0.15, 0.2) is 78.9 Å². The Kier molecular flexibility index (Phi) is 5.72. The monoisotopic (exact) mass is 478 g/mol. The Morgan fingerprint density at radius 1 is 0.972 bits per heavy atom. The smallest absolute Gasteiger partial charge is 0.257 e. The lowest BCUT2D eigenvalue weighted by Crippen LogP contribution is -2.51. The fourth-order valence-electron chi connectivity index (χ4n) is 5.84. The highest BCUT2D eigenvalue weighted by Gasteiger charge is 2.42. The predicted molar refractivity (Wildman–Crippen MR) is 142 cm³/mol. The van der Waals surface area contributed by atoms with E-state index in [9.17, 15) is 9.59 Å². The molecular formula is C30H30N4O2. The number of fused-ring (bicyclic) bond motifs is 6. The molecule has 0 bridgehead atoms. The van der Waals surface area contributed by atoms with Gasteiger partial charge in [0.2, 0.25) is 5.91 Å². The molecule has 1 unspecified atom stereocenters. The normalized spacial score (nSPS) is 16.5. The molecule has 0 aliphatic carbocycles. The van der Waals surface area contributed by atoms with E-state index in [1.807, 2.05) is 66.5 Å². The molecule has 0 spiro atoms. The molecule has 0 radical (unpaired) electrons. The Hall–Kier alpha value is -4.06. The second kappa shape index (κ2) is 9.19. The van der Waals surface area contributed by atoms with Gasteiger partial charge in [-0.15, -0.1) is 0 Å². The van der Waals surface area contributed by atoms with Crippen LogP contribution in [0, 0.1) is 0 Å². The number of aromatic nitrogens is 1. The van der Waals surface area contributed by atoms with Crippen molar-refractivity contribution < 1.29 is 9.59 Å². The number of aryl methyl sites for hydroxylation is 1. The first-order valence-corrected chi connectivity index (χ1v) is 12.7. The highest BCUT2D eigenvalue weighted by molar-refractivity contribution is 6.02. The van der Waals surface area contributed by atoms with E-state index in [2.05, 4.69) is 39.0 Å². The van der Waals surface area contributed by atoms with Gasteiger partial charge in [-0.25, -0.2) is 0 Å². The van der Waals surface area contributed by atoms with Gasteiger partial charge in [-0.1, -0.05) is 60.7 Å². The van der Waals surface area contributed by atoms with Crippen LogP contribution in [0.25, 0.3) is 10.9 Å². The molecule has 182 valence electrons. The van der Waals surface area contributed by atoms with Gasteiger partial charge >= 0.3 is 0 Å². The minimum Gasteiger partial charge on any atom is -0.355 e. The first kappa shape index (κ1) is 22.4. The lowest BCUT2D eigenvalue weighted by Gasteiger charge is -2.46. The number of nitrogens with zero attached hydrogens (tertiary/aromatic N) is 3. The average molecular weight is 479 g/mol. The molecule has 2 aliphatic heterocycles. The number of carbonyl (C=O) groups is 2. The SMILES string of the molecule is CN1c2ccccc2C(=O)N2CCc3c(n(CC(=O)NCCCc4ccccc4)c4ccccc34)C21. The lowest BCUT2D eigenvalue weighted by molar-refractivity contribution is -0.121. The summed E-state index contributed by atoms with van der Waals surface area (Å²) in [5, 5.41) is 4.29. The average Bonchev–Trinajstić information content (AvgIpc) is 3.23. The van der Waals surface area contributed by atoms with Crippen LogP contribution in [0.5, 0.6) is 0 Å². The molecule has 1 N–H and O–H groups in total. The summed E-state index contributed by atoms with van der Waals surface area (Å²) in [6, 6.07) is 26.4. The third-order valence-electron chi connectivity index (χ3n) is 7.51. The molecule has 2 aliphatic rings. The van der Waals surface area contributed by atoms with Crippen LogP contribution in [-0.4, -0.2) is 41.4 Å². The van der Waals surface area contributed by atoms with Gasteiger partial charge in [0.05, 0.1) is 16.9 Å². The second-order valence-corrected chi connectivity index (χ2v) is 9.66. The van der Waals surface area contributed by atoms with Crippen LogP contribution in [0.2, 0.25) is 0 Å². The van der Waals surface area contributed by atoms with Crippen molar-refractivity contribution in [3.8, 4) is 0 Å². The maximum Gasteiger partial charge on any atom is 0.257 e. The van der Waals surface area contributed by atoms with Crippen LogP contribution in [0.3, 0.4) is 0 Å². The predicted octanol–water partition coefficient (Wildman–Crippen LogP) is 4.54. The summed E-state index contributed by atoms with van der Waals surface area (Å²) in [5.74, 6) is 0.0513. The van der Waals surface area contributed by atoms with Gasteiger partial charge in [-0.2, -0.15) is 0 Å². The van der Waals surface area contributed by atoms with E-state index in [0.29, 0.717) is 13.1 Å². The zero-order valence-corrected chi connectivity index (χ0v) is 20.5. The van der Waals surface area contributed by atoms with Crippen molar-refractivity contribution in [1.29, 1.82) is 0 Å². The van der Waals surface area contributed by atoms with Gasteiger partial charge in [0.1, 0.15) is 12.7 Å². The number of hydrogen-bond acceptors (Lipinski definition) is 3. The number of nitrogens with one attached hydrogen (secondary N) is 1. The fraction of sp³-hybridized carbons (Fsp3) is 0.267. The zero-order chi connectivity index (χ0) is 24.6. The minimum absolute atomic E-state index is 0.00562. The number of amides is 2. The quantitative estimate of drug-likeness (QED) is 0.414. The minimum atomic E-state index is -0.241. The van der Waals surface area contributed by atoms with Crippen molar-refractivity contribution in [2.45, 2.75) is 32.0 Å². The summed E-state index contributed by atoms with van der Waals surface area (Å²) >= 11 is 0. The van der Waals surface area contributed by atoms with Crippen molar-refractivity contribution in [3.63, 3.8) is 0 Å². The van der Waals surface area contributed by atoms with Crippen molar-refractivity contribution in [3.05, 3.63) is 101 Å². The molecule has 2 amide bonds. The molecule has 6 rings (SSSR count). The first-order chi connectivity index (χ1) is 17.6. The number of benzene rings is 3. The van der Waals surface area contributed by atoms with Gasteiger partial charge in [0.25, 0.3) is 5.91 Å². The van der Waals surface area contributed by atoms with E-state index in [4.69, 9.17) is 0 Å². The molecule has 6 heteroatoms. The third kappa shape index (κ3) is 3.73. The van der Waals surface area contributed by atoms with E-state index in [0.717, 1.165) is 41.7 Å². The molecule has 0 fully saturated rings. The van der Waals surface area contributed by atoms with Gasteiger partial charge in [0, 0.05) is 31.0 Å². The number of hydrogen-bond donors (Lipinski definition) is 1. The molecule has 6 nitrogen and oxygen atoms in total. The van der Waals surface area contributed by atoms with Crippen LogP contribution < -0.4 is 10.2 Å². The van der Waals surface area contributed by atoms with Gasteiger partial charge < -0.3 is 19.7 Å². The van der Waals surface area contributed by atoms with Crippen molar-refractivity contribution >= 4 is 28.4 Å². The Morgan fingerprint density at radius 3 is 2.58 bits per heavy atom. The van der Waals surface area contributed by atoms with E-state index in [1.165, 1.54) is 16.5 Å². The van der Waals surface area contributed by atoms with Crippen LogP contribution >= 0.6 is 0 Å². The van der Waals surface area contributed by atoms with Crippen molar-refractivity contribution in [2.75, 3.05) is 25.0 Å². The number of anilines is 1. The summed E-state index contributed by atoms with van der Waals surface area (Å²) < 4.78 is 2.13. The molecule has 3 heterocycles. The lowest BCUT2D eigenvalue weighted by atomic mass is 9.96. The molecular weight excluding hydrogens is 448 g/mol. The molecule has 4 aromatic rings. The van der Waals surface area contributed by atoms with Crippen LogP contribution in [0.1, 0.15) is 39.8 Å². The van der Waals surface area contributed by atoms with Gasteiger partial charge in [0.15, 0.2) is 0 Å². The van der Waals surface area contributed by atoms with Crippen LogP contribution in [0.4, 0.5) is 5.69 Å². The largest absolute Gasteiger partial charge is 0.355 e. The van der Waals surface area contributed by atoms with E-state index in [1.54, 1.807) is 0 Å². The molecule has 1 aromatic heterocycles. The number of rotatable bonds is 6. The van der Waals surface area contributed by atoms with Gasteiger partial charge in [-0.3, -0.25) is 9.59 Å². The van der Waals surface area contributed by atoms with Crippen molar-refractivity contribution in [2.24, 2.45) is 0 Å². The second-order valence-electron chi connectivity index (χ2n) is 9.66. The van der Waals surface area contributed by atoms with E-state index < -0.39 is 0 Å². The Balaban J connectivity index is 1.30. The maximum atomic E-state index is 13.5. The van der Waals surface area contributed by atoms with Crippen molar-refractivity contribution in [1.82, 2.24) is 14.8 Å². The Labute approximate surface area is 211 Å².